The molecule has 0 aromatic heterocycles. The van der Waals surface area contributed by atoms with Crippen molar-refractivity contribution in [3.63, 3.8) is 0 Å². The summed E-state index contributed by atoms with van der Waals surface area (Å²) in [5, 5.41) is 10.0. The Hall–Kier alpha value is -0.860. The second kappa shape index (κ2) is 5.64. The van der Waals surface area contributed by atoms with E-state index >= 15 is 0 Å². The zero-order chi connectivity index (χ0) is 14.0. The lowest BCUT2D eigenvalue weighted by Gasteiger charge is -2.35. The van der Waals surface area contributed by atoms with E-state index in [0.29, 0.717) is 0 Å². The molecule has 1 aromatic carbocycles. The summed E-state index contributed by atoms with van der Waals surface area (Å²) >= 11 is 3.56. The molecule has 0 spiro atoms. The minimum absolute atomic E-state index is 0.140. The van der Waals surface area contributed by atoms with Gasteiger partial charge in [-0.2, -0.15) is 0 Å². The molecule has 1 atom stereocenters. The molecular weight excluding hydrogens is 300 g/mol. The van der Waals surface area contributed by atoms with E-state index in [1.54, 1.807) is 0 Å². The average molecular weight is 321 g/mol. The van der Waals surface area contributed by atoms with Crippen LogP contribution in [0.5, 0.6) is 0 Å². The van der Waals surface area contributed by atoms with E-state index in [9.17, 15) is 5.11 Å². The molecule has 2 heteroatoms. The van der Waals surface area contributed by atoms with Gasteiger partial charge < -0.3 is 5.11 Å². The number of hydrogen-bond acceptors (Lipinski definition) is 1. The summed E-state index contributed by atoms with van der Waals surface area (Å²) in [6.45, 7) is 6.55. The minimum Gasteiger partial charge on any atom is -0.389 e. The highest BCUT2D eigenvalue weighted by Crippen LogP contribution is 2.41. The molecule has 0 radical (unpaired) electrons. The van der Waals surface area contributed by atoms with Crippen LogP contribution in [0.15, 0.2) is 46.0 Å². The van der Waals surface area contributed by atoms with Crippen LogP contribution in [0.1, 0.15) is 39.2 Å². The van der Waals surface area contributed by atoms with Crippen molar-refractivity contribution < 1.29 is 5.11 Å². The van der Waals surface area contributed by atoms with Crippen molar-refractivity contribution in [3.8, 4) is 0 Å². The summed E-state index contributed by atoms with van der Waals surface area (Å²) < 4.78 is 1.10. The summed E-state index contributed by atoms with van der Waals surface area (Å²) in [4.78, 5) is 0. The number of hydrogen-bond donors (Lipinski definition) is 1. The van der Waals surface area contributed by atoms with Crippen LogP contribution >= 0.6 is 15.9 Å². The van der Waals surface area contributed by atoms with Gasteiger partial charge in [0.25, 0.3) is 0 Å². The molecule has 1 N–H and O–H groups in total. The molecule has 0 aliphatic heterocycles. The van der Waals surface area contributed by atoms with Crippen molar-refractivity contribution in [2.24, 2.45) is 5.41 Å². The van der Waals surface area contributed by atoms with E-state index in [4.69, 9.17) is 0 Å². The predicted molar refractivity (Wildman–Crippen MR) is 84.9 cm³/mol. The Kier molecular flexibility index (Phi) is 4.32. The number of halogens is 1. The molecule has 1 aromatic rings. The number of rotatable bonds is 2. The smallest absolute Gasteiger partial charge is 0.0753 e. The van der Waals surface area contributed by atoms with Crippen LogP contribution in [0.3, 0.4) is 0 Å². The third-order valence-corrected chi connectivity index (χ3v) is 4.75. The van der Waals surface area contributed by atoms with Crippen molar-refractivity contribution in [3.05, 3.63) is 51.5 Å². The highest BCUT2D eigenvalue weighted by Gasteiger charge is 2.30. The first kappa shape index (κ1) is 14.5. The van der Waals surface area contributed by atoms with Gasteiger partial charge in [0.15, 0.2) is 0 Å². The van der Waals surface area contributed by atoms with Gasteiger partial charge in [0.2, 0.25) is 0 Å². The lowest BCUT2D eigenvalue weighted by molar-refractivity contribution is 0.163. The van der Waals surface area contributed by atoms with Crippen molar-refractivity contribution in [1.82, 2.24) is 0 Å². The third-order valence-electron chi connectivity index (χ3n) is 4.03. The van der Waals surface area contributed by atoms with Crippen LogP contribution in [0.4, 0.5) is 0 Å². The molecule has 19 heavy (non-hydrogen) atoms. The summed E-state index contributed by atoms with van der Waals surface area (Å²) in [6, 6.07) is 8.18. The van der Waals surface area contributed by atoms with Gasteiger partial charge in [-0.15, -0.1) is 0 Å². The maximum Gasteiger partial charge on any atom is 0.0753 e. The predicted octanol–water partition coefficient (Wildman–Crippen LogP) is 4.96. The average Bonchev–Trinajstić information content (AvgIpc) is 2.36. The Labute approximate surface area is 124 Å². The minimum atomic E-state index is -0.285. The number of allylic oxidation sites excluding steroid dienone is 2. The fourth-order valence-electron chi connectivity index (χ4n) is 2.70. The van der Waals surface area contributed by atoms with Gasteiger partial charge >= 0.3 is 0 Å². The molecule has 1 aliphatic rings. The SMILES string of the molecule is CC1=C(/C=C/c2ccccc2Br)C(C)(C)CCC1O. The first-order valence-corrected chi connectivity index (χ1v) is 7.53. The van der Waals surface area contributed by atoms with Gasteiger partial charge in [-0.25, -0.2) is 0 Å². The normalized spacial score (nSPS) is 23.1. The molecule has 0 saturated carbocycles. The molecule has 1 nitrogen and oxygen atoms in total. The van der Waals surface area contributed by atoms with Crippen LogP contribution in [-0.2, 0) is 0 Å². The topological polar surface area (TPSA) is 20.2 Å². The van der Waals surface area contributed by atoms with E-state index in [0.717, 1.165) is 22.9 Å². The third kappa shape index (κ3) is 3.18. The molecule has 1 aliphatic carbocycles. The highest BCUT2D eigenvalue weighted by atomic mass is 79.9. The van der Waals surface area contributed by atoms with Gasteiger partial charge in [-0.3, -0.25) is 0 Å². The van der Waals surface area contributed by atoms with Gasteiger partial charge in [-0.1, -0.05) is 60.1 Å². The van der Waals surface area contributed by atoms with E-state index < -0.39 is 0 Å². The van der Waals surface area contributed by atoms with Crippen LogP contribution in [0, 0.1) is 5.41 Å². The number of aliphatic hydroxyl groups excluding tert-OH is 1. The zero-order valence-electron chi connectivity index (χ0n) is 11.8. The number of aliphatic hydroxyl groups is 1. The van der Waals surface area contributed by atoms with Gasteiger partial charge in [0, 0.05) is 4.47 Å². The van der Waals surface area contributed by atoms with Gasteiger partial charge in [0.05, 0.1) is 6.10 Å². The lowest BCUT2D eigenvalue weighted by Crippen LogP contribution is -2.27. The molecule has 0 amide bonds. The molecule has 0 saturated heterocycles. The Morgan fingerprint density at radius 3 is 2.63 bits per heavy atom. The van der Waals surface area contributed by atoms with Crippen LogP contribution in [-0.4, -0.2) is 11.2 Å². The summed E-state index contributed by atoms with van der Waals surface area (Å²) in [6.07, 6.45) is 5.90. The zero-order valence-corrected chi connectivity index (χ0v) is 13.4. The standard InChI is InChI=1S/C17H21BrO/c1-12-14(17(2,3)11-10-16(12)19)9-8-13-6-4-5-7-15(13)18/h4-9,16,19H,10-11H2,1-3H3/b9-8+. The van der Waals surface area contributed by atoms with Crippen LogP contribution in [0.25, 0.3) is 6.08 Å². The van der Waals surface area contributed by atoms with E-state index in [1.807, 2.05) is 25.1 Å². The fraction of sp³-hybridized carbons (Fsp3) is 0.412. The second-order valence-electron chi connectivity index (χ2n) is 5.89. The molecule has 2 rings (SSSR count). The second-order valence-corrected chi connectivity index (χ2v) is 6.74. The lowest BCUT2D eigenvalue weighted by atomic mass is 9.71. The monoisotopic (exact) mass is 320 g/mol. The maximum absolute atomic E-state index is 10.0. The van der Waals surface area contributed by atoms with E-state index in [2.05, 4.69) is 48.0 Å². The van der Waals surface area contributed by atoms with Crippen molar-refractivity contribution in [1.29, 1.82) is 0 Å². The highest BCUT2D eigenvalue weighted by molar-refractivity contribution is 9.10. The summed E-state index contributed by atoms with van der Waals surface area (Å²) in [7, 11) is 0. The Balaban J connectivity index is 2.35. The van der Waals surface area contributed by atoms with Gasteiger partial charge in [0.1, 0.15) is 0 Å². The fourth-order valence-corrected chi connectivity index (χ4v) is 3.12. The first-order chi connectivity index (χ1) is 8.92. The molecule has 0 bridgehead atoms. The molecule has 102 valence electrons. The van der Waals surface area contributed by atoms with Crippen molar-refractivity contribution in [2.75, 3.05) is 0 Å². The maximum atomic E-state index is 10.0. The van der Waals surface area contributed by atoms with E-state index in [1.165, 1.54) is 11.1 Å². The van der Waals surface area contributed by atoms with Gasteiger partial charge in [-0.05, 0) is 48.0 Å². The Bertz CT molecular complexity index is 526. The van der Waals surface area contributed by atoms with E-state index in [-0.39, 0.29) is 11.5 Å². The summed E-state index contributed by atoms with van der Waals surface area (Å²) in [5.41, 5.74) is 3.68. The Morgan fingerprint density at radius 2 is 1.95 bits per heavy atom. The molecular formula is C17H21BrO. The van der Waals surface area contributed by atoms with Crippen LogP contribution < -0.4 is 0 Å². The largest absolute Gasteiger partial charge is 0.389 e. The molecule has 0 fully saturated rings. The quantitative estimate of drug-likeness (QED) is 0.816. The Morgan fingerprint density at radius 1 is 1.26 bits per heavy atom. The van der Waals surface area contributed by atoms with Crippen LogP contribution in [0.2, 0.25) is 0 Å². The molecule has 0 heterocycles. The van der Waals surface area contributed by atoms with Crippen molar-refractivity contribution >= 4 is 22.0 Å². The number of benzene rings is 1. The van der Waals surface area contributed by atoms with Crippen molar-refractivity contribution in [2.45, 2.75) is 39.7 Å². The molecule has 1 unspecified atom stereocenters. The first-order valence-electron chi connectivity index (χ1n) is 6.74. The summed E-state index contributed by atoms with van der Waals surface area (Å²) in [5.74, 6) is 0.